The van der Waals surface area contributed by atoms with Crippen molar-refractivity contribution in [2.75, 3.05) is 20.8 Å². The number of ketones is 1. The van der Waals surface area contributed by atoms with Crippen LogP contribution < -0.4 is 9.47 Å². The van der Waals surface area contributed by atoms with Gasteiger partial charge in [-0.15, -0.1) is 0 Å². The molecule has 1 aliphatic rings. The fourth-order valence-electron chi connectivity index (χ4n) is 5.21. The van der Waals surface area contributed by atoms with Crippen molar-refractivity contribution >= 4 is 26.1 Å². The van der Waals surface area contributed by atoms with Gasteiger partial charge in [-0.1, -0.05) is 77.9 Å². The van der Waals surface area contributed by atoms with Crippen molar-refractivity contribution in [3.8, 4) is 11.5 Å². The molecule has 0 aromatic heterocycles. The second kappa shape index (κ2) is 16.9. The maximum atomic E-state index is 14.3. The molecule has 10 nitrogen and oxygen atoms in total. The van der Waals surface area contributed by atoms with E-state index in [2.05, 4.69) is 33.9 Å². The number of Topliss-reactive ketones (excluding diaryl/α,β-unsaturated/α-hetero) is 1. The number of cyclic esters (lactones) is 1. The highest BCUT2D eigenvalue weighted by Gasteiger charge is 2.46. The average molecular weight is 686 g/mol. The largest absolute Gasteiger partial charge is 0.493 e. The Morgan fingerprint density at radius 1 is 0.917 bits per heavy atom. The minimum Gasteiger partial charge on any atom is -0.493 e. The van der Waals surface area contributed by atoms with E-state index in [9.17, 15) is 14.4 Å². The standard InChI is InChI=1S/C37H55NO9Si/c1-24(2)29-23-46-36(41)38(29)35(40)34(45-22-28-17-18-31(42-8)33(19-28)43-9)30(39)20-32(47-48(10,11)37(5,6)7)25(3)26(4)44-21-27-15-13-12-14-16-27/h12-19,24-26,29,32,34H,20-23H2,1-11H3/t25-,26+,29+,32+,34-/m0/s1. The molecule has 2 amide bonds. The Hall–Kier alpha value is -3.25. The molecule has 266 valence electrons. The summed E-state index contributed by atoms with van der Waals surface area (Å²) in [7, 11) is 0.676. The maximum Gasteiger partial charge on any atom is 0.417 e. The molecule has 2 aromatic carbocycles. The van der Waals surface area contributed by atoms with Crippen molar-refractivity contribution in [1.82, 2.24) is 4.90 Å². The molecule has 0 aliphatic carbocycles. The number of carbonyl (C=O) groups is 3. The first-order chi connectivity index (χ1) is 22.5. The summed E-state index contributed by atoms with van der Waals surface area (Å²) in [6.45, 7) is 18.9. The molecule has 0 spiro atoms. The Labute approximate surface area is 287 Å². The van der Waals surface area contributed by atoms with Crippen LogP contribution in [0.15, 0.2) is 48.5 Å². The quantitative estimate of drug-likeness (QED) is 0.126. The van der Waals surface area contributed by atoms with Crippen LogP contribution >= 0.6 is 0 Å². The number of imide groups is 1. The van der Waals surface area contributed by atoms with Crippen LogP contribution in [0.5, 0.6) is 11.5 Å². The summed E-state index contributed by atoms with van der Waals surface area (Å²) in [6.07, 6.45) is -3.30. The summed E-state index contributed by atoms with van der Waals surface area (Å²) in [5, 5.41) is -0.134. The van der Waals surface area contributed by atoms with Gasteiger partial charge in [0.2, 0.25) is 0 Å². The first kappa shape index (κ1) is 39.2. The second-order valence-electron chi connectivity index (χ2n) is 14.4. The highest BCUT2D eigenvalue weighted by Crippen LogP contribution is 2.39. The van der Waals surface area contributed by atoms with Gasteiger partial charge in [0.15, 0.2) is 31.7 Å². The summed E-state index contributed by atoms with van der Waals surface area (Å²) in [4.78, 5) is 42.4. The van der Waals surface area contributed by atoms with Crippen molar-refractivity contribution < 1.29 is 42.5 Å². The van der Waals surface area contributed by atoms with Crippen LogP contribution in [0.2, 0.25) is 18.1 Å². The Morgan fingerprint density at radius 2 is 1.54 bits per heavy atom. The lowest BCUT2D eigenvalue weighted by Gasteiger charge is -2.42. The van der Waals surface area contributed by atoms with Crippen LogP contribution in [-0.4, -0.2) is 76.2 Å². The highest BCUT2D eigenvalue weighted by atomic mass is 28.4. The number of rotatable bonds is 17. The van der Waals surface area contributed by atoms with Crippen LogP contribution in [0.25, 0.3) is 0 Å². The predicted molar refractivity (Wildman–Crippen MR) is 186 cm³/mol. The summed E-state index contributed by atoms with van der Waals surface area (Å²) >= 11 is 0. The molecule has 0 N–H and O–H groups in total. The lowest BCUT2D eigenvalue weighted by atomic mass is 9.93. The zero-order chi connectivity index (χ0) is 35.8. The number of hydrogen-bond acceptors (Lipinski definition) is 9. The van der Waals surface area contributed by atoms with Gasteiger partial charge in [0, 0.05) is 12.3 Å². The first-order valence-corrected chi connectivity index (χ1v) is 19.6. The van der Waals surface area contributed by atoms with E-state index in [4.69, 9.17) is 28.1 Å². The molecule has 5 atom stereocenters. The van der Waals surface area contributed by atoms with Gasteiger partial charge >= 0.3 is 6.09 Å². The van der Waals surface area contributed by atoms with Crippen molar-refractivity contribution in [3.63, 3.8) is 0 Å². The van der Waals surface area contributed by atoms with E-state index in [0.717, 1.165) is 10.5 Å². The third-order valence-electron chi connectivity index (χ3n) is 9.63. The fourth-order valence-corrected chi connectivity index (χ4v) is 6.62. The third-order valence-corrected chi connectivity index (χ3v) is 14.1. The van der Waals surface area contributed by atoms with Gasteiger partial charge in [-0.3, -0.25) is 9.59 Å². The molecule has 1 fully saturated rings. The summed E-state index contributed by atoms with van der Waals surface area (Å²) in [6, 6.07) is 14.6. The first-order valence-electron chi connectivity index (χ1n) is 16.7. The van der Waals surface area contributed by atoms with Crippen LogP contribution in [-0.2, 0) is 41.4 Å². The van der Waals surface area contributed by atoms with E-state index in [1.165, 1.54) is 7.11 Å². The van der Waals surface area contributed by atoms with E-state index in [1.807, 2.05) is 58.0 Å². The Bertz CT molecular complexity index is 1370. The number of hydrogen-bond donors (Lipinski definition) is 0. The highest BCUT2D eigenvalue weighted by molar-refractivity contribution is 6.74. The van der Waals surface area contributed by atoms with E-state index < -0.39 is 44.4 Å². The molecule has 1 saturated heterocycles. The minimum absolute atomic E-state index is 0.0588. The smallest absolute Gasteiger partial charge is 0.417 e. The molecule has 1 heterocycles. The van der Waals surface area contributed by atoms with Gasteiger partial charge in [-0.05, 0) is 54.2 Å². The van der Waals surface area contributed by atoms with Gasteiger partial charge in [-0.25, -0.2) is 9.69 Å². The summed E-state index contributed by atoms with van der Waals surface area (Å²) in [5.74, 6) is -0.500. The average Bonchev–Trinajstić information content (AvgIpc) is 3.44. The molecule has 3 rings (SSSR count). The van der Waals surface area contributed by atoms with Gasteiger partial charge in [0.25, 0.3) is 5.91 Å². The number of amides is 2. The molecule has 0 saturated carbocycles. The monoisotopic (exact) mass is 685 g/mol. The molecule has 0 unspecified atom stereocenters. The zero-order valence-corrected chi connectivity index (χ0v) is 31.5. The van der Waals surface area contributed by atoms with Gasteiger partial charge in [0.05, 0.1) is 45.7 Å². The molecule has 48 heavy (non-hydrogen) atoms. The molecular formula is C37H55NO9Si. The fraction of sp³-hybridized carbons (Fsp3) is 0.595. The number of ether oxygens (including phenoxy) is 5. The number of benzene rings is 2. The van der Waals surface area contributed by atoms with E-state index in [-0.39, 0.29) is 42.6 Å². The van der Waals surface area contributed by atoms with Gasteiger partial charge in [-0.2, -0.15) is 0 Å². The number of methoxy groups -OCH3 is 2. The van der Waals surface area contributed by atoms with Crippen LogP contribution in [0.3, 0.4) is 0 Å². The number of nitrogens with zero attached hydrogens (tertiary/aromatic N) is 1. The Morgan fingerprint density at radius 3 is 2.12 bits per heavy atom. The molecule has 1 aliphatic heterocycles. The van der Waals surface area contributed by atoms with Crippen LogP contribution in [0.4, 0.5) is 4.79 Å². The molecule has 0 radical (unpaired) electrons. The zero-order valence-electron chi connectivity index (χ0n) is 30.5. The van der Waals surface area contributed by atoms with E-state index in [1.54, 1.807) is 25.3 Å². The molecule has 2 aromatic rings. The lowest BCUT2D eigenvalue weighted by molar-refractivity contribution is -0.152. The Balaban J connectivity index is 1.94. The third kappa shape index (κ3) is 9.90. The minimum atomic E-state index is -2.39. The molecule has 11 heteroatoms. The van der Waals surface area contributed by atoms with Crippen molar-refractivity contribution in [3.05, 3.63) is 59.7 Å². The van der Waals surface area contributed by atoms with Crippen molar-refractivity contribution in [2.24, 2.45) is 11.8 Å². The topological polar surface area (TPSA) is 110 Å². The van der Waals surface area contributed by atoms with Gasteiger partial charge < -0.3 is 28.1 Å². The normalized spacial score (nSPS) is 17.9. The van der Waals surface area contributed by atoms with Crippen LogP contribution in [0.1, 0.15) is 66.0 Å². The van der Waals surface area contributed by atoms with Crippen molar-refractivity contribution in [2.45, 2.75) is 111 Å². The van der Waals surface area contributed by atoms with Gasteiger partial charge in [0.1, 0.15) is 6.61 Å². The predicted octanol–water partition coefficient (Wildman–Crippen LogP) is 7.18. The van der Waals surface area contributed by atoms with E-state index in [0.29, 0.717) is 23.7 Å². The second-order valence-corrected chi connectivity index (χ2v) is 19.2. The molecular weight excluding hydrogens is 630 g/mol. The lowest BCUT2D eigenvalue weighted by Crippen LogP contribution is -2.52. The maximum absolute atomic E-state index is 14.3. The molecule has 0 bridgehead atoms. The summed E-state index contributed by atoms with van der Waals surface area (Å²) in [5.41, 5.74) is 1.70. The SMILES string of the molecule is COc1ccc(CO[C@@H](C(=O)C[C@@H](O[Si](C)(C)C(C)(C)C)[C@@H](C)[C@@H](C)OCc2ccccc2)C(=O)N2C(=O)OC[C@@H]2C(C)C)cc1OC. The summed E-state index contributed by atoms with van der Waals surface area (Å²) < 4.78 is 35.3. The van der Waals surface area contributed by atoms with Crippen molar-refractivity contribution in [1.29, 1.82) is 0 Å². The Kier molecular flexibility index (Phi) is 13.8. The van der Waals surface area contributed by atoms with E-state index >= 15 is 0 Å². The number of carbonyl (C=O) groups excluding carboxylic acids is 3. The van der Waals surface area contributed by atoms with Crippen LogP contribution in [0, 0.1) is 11.8 Å².